The summed E-state index contributed by atoms with van der Waals surface area (Å²) in [6, 6.07) is 14.0. The third-order valence-electron chi connectivity index (χ3n) is 4.30. The topological polar surface area (TPSA) is 106 Å². The fraction of sp³-hybridized carbons (Fsp3) is 0. The monoisotopic (exact) mass is 487 g/mol. The molecule has 1 aliphatic rings. The number of halogens is 2. The molecule has 0 bridgehead atoms. The summed E-state index contributed by atoms with van der Waals surface area (Å²) in [6.45, 7) is 0. The Labute approximate surface area is 183 Å². The number of nitrogens with one attached hydrogen (secondary N) is 1. The first kappa shape index (κ1) is 19.9. The molecule has 0 aliphatic carbocycles. The van der Waals surface area contributed by atoms with E-state index < -0.39 is 16.7 Å². The lowest BCUT2D eigenvalue weighted by Crippen LogP contribution is -2.35. The third-order valence-corrected chi connectivity index (χ3v) is 5.12. The third kappa shape index (κ3) is 3.72. The Morgan fingerprint density at radius 1 is 1.13 bits per heavy atom. The summed E-state index contributed by atoms with van der Waals surface area (Å²) in [5, 5.41) is 12.4. The van der Waals surface area contributed by atoms with E-state index >= 15 is 0 Å². The summed E-state index contributed by atoms with van der Waals surface area (Å²) in [5.41, 5.74) is 3.08. The van der Waals surface area contributed by atoms with Crippen LogP contribution in [-0.4, -0.2) is 16.7 Å². The Morgan fingerprint density at radius 2 is 1.93 bits per heavy atom. The molecular weight excluding hydrogens is 478 g/mol. The lowest BCUT2D eigenvalue weighted by molar-refractivity contribution is -0.384. The molecular formula is C20H11BrClN3O5. The number of hydrazine groups is 1. The van der Waals surface area contributed by atoms with Gasteiger partial charge in [-0.05, 0) is 42.5 Å². The lowest BCUT2D eigenvalue weighted by atomic mass is 10.1. The first-order chi connectivity index (χ1) is 14.3. The van der Waals surface area contributed by atoms with Crippen molar-refractivity contribution in [2.45, 2.75) is 0 Å². The number of nitrogens with zero attached hydrogens (tertiary/aromatic N) is 2. The number of rotatable bonds is 4. The van der Waals surface area contributed by atoms with Crippen molar-refractivity contribution in [2.24, 2.45) is 0 Å². The minimum atomic E-state index is -0.577. The Morgan fingerprint density at radius 3 is 2.67 bits per heavy atom. The van der Waals surface area contributed by atoms with Crippen LogP contribution in [0.2, 0.25) is 5.02 Å². The highest BCUT2D eigenvalue weighted by Crippen LogP contribution is 2.33. The number of hydrogen-bond acceptors (Lipinski definition) is 5. The maximum Gasteiger partial charge on any atom is 0.282 e. The summed E-state index contributed by atoms with van der Waals surface area (Å²) in [6.07, 6.45) is 1.31. The Balaban J connectivity index is 1.65. The van der Waals surface area contributed by atoms with E-state index in [1.54, 1.807) is 36.4 Å². The van der Waals surface area contributed by atoms with Gasteiger partial charge in [0.15, 0.2) is 0 Å². The number of anilines is 1. The zero-order valence-electron chi connectivity index (χ0n) is 15.0. The minimum Gasteiger partial charge on any atom is -0.457 e. The van der Waals surface area contributed by atoms with Crippen molar-refractivity contribution in [3.05, 3.63) is 85.5 Å². The van der Waals surface area contributed by atoms with Gasteiger partial charge in [-0.15, -0.1) is 0 Å². The van der Waals surface area contributed by atoms with Crippen LogP contribution in [0.4, 0.5) is 11.4 Å². The van der Waals surface area contributed by atoms with E-state index in [1.165, 1.54) is 24.3 Å². The second kappa shape index (κ2) is 7.77. The molecule has 2 aromatic carbocycles. The number of amides is 2. The van der Waals surface area contributed by atoms with Crippen LogP contribution in [0.3, 0.4) is 0 Å². The van der Waals surface area contributed by atoms with E-state index in [0.717, 1.165) is 9.48 Å². The van der Waals surface area contributed by atoms with Crippen LogP contribution in [0, 0.1) is 10.1 Å². The molecule has 150 valence electrons. The van der Waals surface area contributed by atoms with Gasteiger partial charge in [-0.2, -0.15) is 0 Å². The predicted octanol–water partition coefficient (Wildman–Crippen LogP) is 4.73. The Kier molecular flexibility index (Phi) is 5.15. The van der Waals surface area contributed by atoms with Gasteiger partial charge in [-0.1, -0.05) is 33.6 Å². The Bertz CT molecular complexity index is 1240. The van der Waals surface area contributed by atoms with E-state index in [1.807, 2.05) is 0 Å². The van der Waals surface area contributed by atoms with Crippen LogP contribution in [-0.2, 0) is 9.59 Å². The maximum absolute atomic E-state index is 12.7. The van der Waals surface area contributed by atoms with Crippen molar-refractivity contribution in [2.75, 3.05) is 5.01 Å². The highest BCUT2D eigenvalue weighted by molar-refractivity contribution is 9.10. The van der Waals surface area contributed by atoms with Gasteiger partial charge in [0.1, 0.15) is 17.1 Å². The normalized spacial score (nSPS) is 15.0. The molecule has 2 heterocycles. The van der Waals surface area contributed by atoms with E-state index in [4.69, 9.17) is 16.0 Å². The number of hydrogen-bond donors (Lipinski definition) is 1. The fourth-order valence-corrected chi connectivity index (χ4v) is 3.49. The van der Waals surface area contributed by atoms with Crippen LogP contribution >= 0.6 is 27.5 Å². The van der Waals surface area contributed by atoms with E-state index in [9.17, 15) is 19.7 Å². The number of furan rings is 1. The largest absolute Gasteiger partial charge is 0.457 e. The number of carbonyl (C=O) groups excluding carboxylic acids is 2. The molecule has 0 unspecified atom stereocenters. The Hall–Kier alpha value is -3.43. The molecule has 30 heavy (non-hydrogen) atoms. The van der Waals surface area contributed by atoms with Gasteiger partial charge in [-0.3, -0.25) is 25.1 Å². The molecule has 10 heteroatoms. The molecule has 0 saturated carbocycles. The highest BCUT2D eigenvalue weighted by Gasteiger charge is 2.34. The van der Waals surface area contributed by atoms with E-state index in [0.29, 0.717) is 11.3 Å². The van der Waals surface area contributed by atoms with Gasteiger partial charge in [0.25, 0.3) is 17.5 Å². The summed E-state index contributed by atoms with van der Waals surface area (Å²) in [4.78, 5) is 35.5. The minimum absolute atomic E-state index is 0.110. The molecule has 4 rings (SSSR count). The predicted molar refractivity (Wildman–Crippen MR) is 114 cm³/mol. The second-order valence-corrected chi connectivity index (χ2v) is 7.57. The first-order valence-corrected chi connectivity index (χ1v) is 9.67. The summed E-state index contributed by atoms with van der Waals surface area (Å²) < 4.78 is 6.42. The average Bonchev–Trinajstić information content (AvgIpc) is 3.28. The molecule has 3 aromatic rings. The number of non-ortho nitro benzene ring substituents is 1. The zero-order chi connectivity index (χ0) is 21.4. The summed E-state index contributed by atoms with van der Waals surface area (Å²) >= 11 is 9.46. The summed E-state index contributed by atoms with van der Waals surface area (Å²) in [7, 11) is 0. The molecule has 1 aromatic heterocycles. The van der Waals surface area contributed by atoms with Crippen molar-refractivity contribution in [3.8, 4) is 11.3 Å². The van der Waals surface area contributed by atoms with E-state index in [-0.39, 0.29) is 27.8 Å². The molecule has 1 fully saturated rings. The van der Waals surface area contributed by atoms with Gasteiger partial charge in [0, 0.05) is 22.2 Å². The average molecular weight is 489 g/mol. The van der Waals surface area contributed by atoms with Crippen molar-refractivity contribution >= 4 is 56.8 Å². The fourth-order valence-electron chi connectivity index (χ4n) is 2.89. The van der Waals surface area contributed by atoms with Gasteiger partial charge in [0.2, 0.25) is 0 Å². The van der Waals surface area contributed by atoms with Gasteiger partial charge >= 0.3 is 0 Å². The smallest absolute Gasteiger partial charge is 0.282 e. The van der Waals surface area contributed by atoms with Crippen molar-refractivity contribution in [1.82, 2.24) is 5.43 Å². The van der Waals surface area contributed by atoms with Crippen LogP contribution in [0.15, 0.2) is 69.1 Å². The van der Waals surface area contributed by atoms with Crippen molar-refractivity contribution < 1.29 is 18.9 Å². The van der Waals surface area contributed by atoms with Crippen molar-refractivity contribution in [1.29, 1.82) is 0 Å². The van der Waals surface area contributed by atoms with Gasteiger partial charge in [-0.25, -0.2) is 5.01 Å². The van der Waals surface area contributed by atoms with Crippen LogP contribution in [0.1, 0.15) is 5.76 Å². The molecule has 2 amide bonds. The van der Waals surface area contributed by atoms with Crippen molar-refractivity contribution in [3.63, 3.8) is 0 Å². The summed E-state index contributed by atoms with van der Waals surface area (Å²) in [5.74, 6) is -0.622. The maximum atomic E-state index is 12.7. The highest BCUT2D eigenvalue weighted by atomic mass is 79.9. The molecule has 0 spiro atoms. The zero-order valence-corrected chi connectivity index (χ0v) is 17.3. The number of carbonyl (C=O) groups is 2. The molecule has 1 N–H and O–H groups in total. The SMILES string of the molecule is O=C1NN(c2cccc(Br)c2)C(=O)/C1=C\c1ccc(-c2cc([N+](=O)[O-])ccc2Cl)o1. The quantitative estimate of drug-likeness (QED) is 0.247. The first-order valence-electron chi connectivity index (χ1n) is 8.50. The standard InChI is InChI=1S/C20H11BrClN3O5/c21-11-2-1-3-12(8-11)24-20(27)16(19(26)23-24)10-14-5-7-18(30-14)15-9-13(25(28)29)4-6-17(15)22/h1-10H,(H,23,26)/b16-10-. The number of nitro groups is 1. The molecule has 0 atom stereocenters. The molecule has 1 saturated heterocycles. The van der Waals surface area contributed by atoms with E-state index in [2.05, 4.69) is 21.4 Å². The van der Waals surface area contributed by atoms with Gasteiger partial charge < -0.3 is 4.42 Å². The molecule has 1 aliphatic heterocycles. The van der Waals surface area contributed by atoms with Crippen LogP contribution in [0.5, 0.6) is 0 Å². The second-order valence-electron chi connectivity index (χ2n) is 6.24. The number of nitro benzene ring substituents is 1. The molecule has 0 radical (unpaired) electrons. The lowest BCUT2D eigenvalue weighted by Gasteiger charge is -2.14. The molecule has 8 nitrogen and oxygen atoms in total. The van der Waals surface area contributed by atoms with Gasteiger partial charge in [0.05, 0.1) is 15.6 Å². The van der Waals surface area contributed by atoms with Crippen LogP contribution in [0.25, 0.3) is 17.4 Å². The van der Waals surface area contributed by atoms with Crippen LogP contribution < -0.4 is 10.4 Å². The number of benzene rings is 2.